The van der Waals surface area contributed by atoms with Crippen LogP contribution in [0.2, 0.25) is 5.02 Å². The highest BCUT2D eigenvalue weighted by atomic mass is 79.9. The number of nitrogens with zero attached hydrogens (tertiary/aromatic N) is 2. The Bertz CT molecular complexity index is 745. The van der Waals surface area contributed by atoms with E-state index in [2.05, 4.69) is 30.6 Å². The van der Waals surface area contributed by atoms with Gasteiger partial charge in [0, 0.05) is 15.9 Å². The zero-order chi connectivity index (χ0) is 14.9. The maximum atomic E-state index is 12.3. The topological polar surface area (TPSA) is 72.0 Å². The molecule has 0 unspecified atom stereocenters. The second kappa shape index (κ2) is 5.67. The molecule has 0 radical (unpaired) electrons. The maximum absolute atomic E-state index is 12.3. The van der Waals surface area contributed by atoms with Crippen molar-refractivity contribution in [3.05, 3.63) is 45.1 Å². The average Bonchev–Trinajstić information content (AvgIpc) is 2.25. The predicted molar refractivity (Wildman–Crippen MR) is 81.5 cm³/mol. The molecule has 106 valence electrons. The number of aryl methyl sites for hydroxylation is 2. The molecule has 0 atom stereocenters. The number of aromatic nitrogens is 2. The van der Waals surface area contributed by atoms with Crippen LogP contribution in [0.15, 0.2) is 33.6 Å². The van der Waals surface area contributed by atoms with Crippen molar-refractivity contribution in [3.8, 4) is 0 Å². The zero-order valence-electron chi connectivity index (χ0n) is 10.7. The molecular weight excluding hydrogens is 366 g/mol. The minimum Gasteiger partial charge on any atom is -0.247 e. The molecule has 0 aliphatic carbocycles. The van der Waals surface area contributed by atoms with Crippen molar-refractivity contribution in [1.82, 2.24) is 9.97 Å². The summed E-state index contributed by atoms with van der Waals surface area (Å²) in [4.78, 5) is 8.05. The van der Waals surface area contributed by atoms with Gasteiger partial charge in [0.1, 0.15) is 4.90 Å². The predicted octanol–water partition coefficient (Wildman–Crippen LogP) is 3.31. The van der Waals surface area contributed by atoms with Crippen LogP contribution in [0.5, 0.6) is 0 Å². The highest BCUT2D eigenvalue weighted by Crippen LogP contribution is 2.26. The van der Waals surface area contributed by atoms with E-state index in [1.807, 2.05) is 0 Å². The number of nitrogens with one attached hydrogen (secondary N) is 1. The van der Waals surface area contributed by atoms with Crippen LogP contribution >= 0.6 is 27.5 Å². The lowest BCUT2D eigenvalue weighted by atomic mass is 10.4. The van der Waals surface area contributed by atoms with Crippen molar-refractivity contribution in [2.24, 2.45) is 0 Å². The van der Waals surface area contributed by atoms with Gasteiger partial charge >= 0.3 is 0 Å². The van der Waals surface area contributed by atoms with Gasteiger partial charge in [-0.25, -0.2) is 23.1 Å². The zero-order valence-corrected chi connectivity index (χ0v) is 13.8. The van der Waals surface area contributed by atoms with Gasteiger partial charge in [-0.15, -0.1) is 0 Å². The van der Waals surface area contributed by atoms with Crippen LogP contribution in [-0.4, -0.2) is 18.4 Å². The Balaban J connectivity index is 2.40. The van der Waals surface area contributed by atoms with Crippen molar-refractivity contribution >= 4 is 43.5 Å². The molecule has 2 aromatic rings. The first-order chi connectivity index (χ1) is 9.28. The molecule has 0 saturated carbocycles. The third-order valence-corrected chi connectivity index (χ3v) is 4.70. The first-order valence-electron chi connectivity index (χ1n) is 5.58. The molecule has 8 heteroatoms. The van der Waals surface area contributed by atoms with Crippen LogP contribution in [0.1, 0.15) is 11.4 Å². The average molecular weight is 377 g/mol. The van der Waals surface area contributed by atoms with E-state index in [9.17, 15) is 8.42 Å². The van der Waals surface area contributed by atoms with E-state index in [1.165, 1.54) is 12.1 Å². The van der Waals surface area contributed by atoms with Gasteiger partial charge in [0.15, 0.2) is 0 Å². The van der Waals surface area contributed by atoms with Crippen LogP contribution in [-0.2, 0) is 10.0 Å². The molecule has 0 amide bonds. The van der Waals surface area contributed by atoms with Crippen LogP contribution in [0.25, 0.3) is 0 Å². The Kier molecular flexibility index (Phi) is 4.31. The standard InChI is InChI=1S/C12H11BrClN3O2S/c1-7-5-8(2)16-12(15-7)17-20(18,19)11-4-3-9(13)6-10(11)14/h3-6H,1-2H3,(H,15,16,17). The fraction of sp³-hybridized carbons (Fsp3) is 0.167. The Labute approximate surface area is 130 Å². The van der Waals surface area contributed by atoms with Gasteiger partial charge in [0.25, 0.3) is 10.0 Å². The molecule has 1 aromatic heterocycles. The minimum absolute atomic E-state index is 0.0230. The quantitative estimate of drug-likeness (QED) is 0.892. The summed E-state index contributed by atoms with van der Waals surface area (Å²) < 4.78 is 27.6. The second-order valence-corrected chi connectivity index (χ2v) is 7.13. The largest absolute Gasteiger partial charge is 0.265 e. The third-order valence-electron chi connectivity index (χ3n) is 2.39. The van der Waals surface area contributed by atoms with Gasteiger partial charge in [-0.2, -0.15) is 0 Å². The van der Waals surface area contributed by atoms with Gasteiger partial charge in [0.2, 0.25) is 5.95 Å². The highest BCUT2D eigenvalue weighted by molar-refractivity contribution is 9.10. The first kappa shape index (κ1) is 15.2. The molecule has 5 nitrogen and oxygen atoms in total. The van der Waals surface area contributed by atoms with Gasteiger partial charge in [-0.1, -0.05) is 27.5 Å². The molecule has 20 heavy (non-hydrogen) atoms. The first-order valence-corrected chi connectivity index (χ1v) is 8.23. The Hall–Kier alpha value is -1.18. The molecule has 1 aromatic carbocycles. The summed E-state index contributed by atoms with van der Waals surface area (Å²) in [6.45, 7) is 3.53. The van der Waals surface area contributed by atoms with E-state index in [4.69, 9.17) is 11.6 Å². The van der Waals surface area contributed by atoms with Gasteiger partial charge in [-0.05, 0) is 38.1 Å². The normalized spacial score (nSPS) is 11.4. The highest BCUT2D eigenvalue weighted by Gasteiger charge is 2.19. The Morgan fingerprint density at radius 1 is 1.15 bits per heavy atom. The third kappa shape index (κ3) is 3.47. The number of hydrogen-bond donors (Lipinski definition) is 1. The molecule has 0 bridgehead atoms. The fourth-order valence-electron chi connectivity index (χ4n) is 1.64. The van der Waals surface area contributed by atoms with Gasteiger partial charge < -0.3 is 0 Å². The summed E-state index contributed by atoms with van der Waals surface area (Å²) in [7, 11) is -3.82. The molecular formula is C12H11BrClN3O2S. The van der Waals surface area contributed by atoms with Crippen molar-refractivity contribution in [1.29, 1.82) is 0 Å². The van der Waals surface area contributed by atoms with Crippen LogP contribution in [0, 0.1) is 13.8 Å². The number of rotatable bonds is 3. The molecule has 0 spiro atoms. The van der Waals surface area contributed by atoms with Gasteiger partial charge in [0.05, 0.1) is 5.02 Å². The molecule has 1 N–H and O–H groups in total. The van der Waals surface area contributed by atoms with Crippen molar-refractivity contribution in [2.75, 3.05) is 4.72 Å². The monoisotopic (exact) mass is 375 g/mol. The number of sulfonamides is 1. The van der Waals surface area contributed by atoms with Gasteiger partial charge in [-0.3, -0.25) is 0 Å². The number of benzene rings is 1. The van der Waals surface area contributed by atoms with E-state index in [0.29, 0.717) is 15.9 Å². The smallest absolute Gasteiger partial charge is 0.247 e. The Morgan fingerprint density at radius 2 is 1.75 bits per heavy atom. The summed E-state index contributed by atoms with van der Waals surface area (Å²) in [5.41, 5.74) is 1.36. The second-order valence-electron chi connectivity index (χ2n) is 4.15. The summed E-state index contributed by atoms with van der Waals surface area (Å²) in [5, 5.41) is 0.122. The van der Waals surface area contributed by atoms with E-state index in [-0.39, 0.29) is 15.9 Å². The SMILES string of the molecule is Cc1cc(C)nc(NS(=O)(=O)c2ccc(Br)cc2Cl)n1. The van der Waals surface area contributed by atoms with Crippen LogP contribution < -0.4 is 4.72 Å². The van der Waals surface area contributed by atoms with E-state index < -0.39 is 10.0 Å². The van der Waals surface area contributed by atoms with E-state index in [0.717, 1.165) is 0 Å². The lowest BCUT2D eigenvalue weighted by molar-refractivity contribution is 0.601. The maximum Gasteiger partial charge on any atom is 0.265 e. The molecule has 0 saturated heterocycles. The van der Waals surface area contributed by atoms with E-state index >= 15 is 0 Å². The van der Waals surface area contributed by atoms with E-state index in [1.54, 1.807) is 26.0 Å². The lowest BCUT2D eigenvalue weighted by Gasteiger charge is -2.09. The number of hydrogen-bond acceptors (Lipinski definition) is 4. The molecule has 0 aliphatic heterocycles. The number of halogens is 2. The molecule has 0 fully saturated rings. The summed E-state index contributed by atoms with van der Waals surface area (Å²) in [6.07, 6.45) is 0. The van der Waals surface area contributed by atoms with Crippen molar-refractivity contribution in [3.63, 3.8) is 0 Å². The van der Waals surface area contributed by atoms with Crippen LogP contribution in [0.3, 0.4) is 0 Å². The molecule has 0 aliphatic rings. The lowest BCUT2D eigenvalue weighted by Crippen LogP contribution is -2.16. The molecule has 2 rings (SSSR count). The minimum atomic E-state index is -3.82. The molecule has 1 heterocycles. The van der Waals surface area contributed by atoms with Crippen molar-refractivity contribution in [2.45, 2.75) is 18.7 Å². The van der Waals surface area contributed by atoms with Crippen molar-refractivity contribution < 1.29 is 8.42 Å². The summed E-state index contributed by atoms with van der Waals surface area (Å²) in [6, 6.07) is 6.28. The Morgan fingerprint density at radius 3 is 2.30 bits per heavy atom. The fourth-order valence-corrected chi connectivity index (χ4v) is 3.62. The number of anilines is 1. The summed E-state index contributed by atoms with van der Waals surface area (Å²) >= 11 is 9.18. The summed E-state index contributed by atoms with van der Waals surface area (Å²) in [5.74, 6) is 0.0292. The van der Waals surface area contributed by atoms with Crippen LogP contribution in [0.4, 0.5) is 5.95 Å².